The van der Waals surface area contributed by atoms with Gasteiger partial charge in [0.15, 0.2) is 0 Å². The van der Waals surface area contributed by atoms with Crippen LogP contribution >= 0.6 is 11.6 Å². The van der Waals surface area contributed by atoms with Crippen LogP contribution < -0.4 is 10.2 Å². The van der Waals surface area contributed by atoms with Crippen LogP contribution in [0.15, 0.2) is 107 Å². The minimum absolute atomic E-state index is 0.0657. The Balaban J connectivity index is 1.24. The number of benzene rings is 4. The number of rotatable bonds is 6. The van der Waals surface area contributed by atoms with Gasteiger partial charge in [0.2, 0.25) is 0 Å². The van der Waals surface area contributed by atoms with E-state index in [1.165, 1.54) is 5.56 Å². The number of anilines is 1. The molecule has 1 saturated heterocycles. The van der Waals surface area contributed by atoms with Crippen LogP contribution in [0.25, 0.3) is 0 Å². The summed E-state index contributed by atoms with van der Waals surface area (Å²) in [6.07, 6.45) is 1.73. The molecule has 41 heavy (non-hydrogen) atoms. The molecule has 1 fully saturated rings. The van der Waals surface area contributed by atoms with Gasteiger partial charge in [-0.25, -0.2) is 4.21 Å². The highest BCUT2D eigenvalue weighted by Crippen LogP contribution is 2.36. The molecule has 0 spiro atoms. The van der Waals surface area contributed by atoms with Crippen molar-refractivity contribution in [1.29, 1.82) is 0 Å². The van der Waals surface area contributed by atoms with E-state index in [1.807, 2.05) is 24.3 Å². The number of hydrogen-bond donors (Lipinski definition) is 1. The SMILES string of the molecule is O=C(NC1CCN(Cc2ccccc2)CC1)c1ccc2c(c1)N(Cc1cccc(Cl)c1)C(=O)c1ccccc1S2=O. The van der Waals surface area contributed by atoms with Gasteiger partial charge in [-0.1, -0.05) is 66.2 Å². The van der Waals surface area contributed by atoms with E-state index < -0.39 is 10.8 Å². The normalized spacial score (nSPS) is 17.4. The zero-order valence-electron chi connectivity index (χ0n) is 22.5. The number of nitrogens with one attached hydrogen (secondary N) is 1. The van der Waals surface area contributed by atoms with E-state index in [-0.39, 0.29) is 24.4 Å². The molecule has 208 valence electrons. The van der Waals surface area contributed by atoms with Crippen molar-refractivity contribution in [3.8, 4) is 0 Å². The molecule has 0 bridgehead atoms. The molecule has 0 aliphatic carbocycles. The standard InChI is InChI=1S/C33H30ClN3O3S/c34-26-10-6-9-24(19-26)22-37-29-20-25(13-14-31(29)41(40)30-12-5-4-11-28(30)33(37)39)32(38)35-27-15-17-36(18-16-27)21-23-7-2-1-3-8-23/h1-14,19-20,27H,15-18,21-22H2,(H,35,38). The maximum absolute atomic E-state index is 13.8. The number of carbonyl (C=O) groups is 2. The summed E-state index contributed by atoms with van der Waals surface area (Å²) >= 11 is 6.24. The monoisotopic (exact) mass is 583 g/mol. The van der Waals surface area contributed by atoms with E-state index in [2.05, 4.69) is 34.5 Å². The largest absolute Gasteiger partial charge is 0.349 e. The van der Waals surface area contributed by atoms with Crippen molar-refractivity contribution in [3.63, 3.8) is 0 Å². The van der Waals surface area contributed by atoms with Gasteiger partial charge in [0.25, 0.3) is 11.8 Å². The van der Waals surface area contributed by atoms with Gasteiger partial charge < -0.3 is 10.2 Å². The van der Waals surface area contributed by atoms with Gasteiger partial charge in [-0.05, 0) is 66.4 Å². The van der Waals surface area contributed by atoms with Crippen molar-refractivity contribution >= 4 is 39.9 Å². The number of fused-ring (bicyclic) bond motifs is 2. The van der Waals surface area contributed by atoms with Gasteiger partial charge in [-0.2, -0.15) is 0 Å². The summed E-state index contributed by atoms with van der Waals surface area (Å²) in [6, 6.07) is 29.9. The summed E-state index contributed by atoms with van der Waals surface area (Å²) in [7, 11) is -1.59. The number of halogens is 1. The number of amides is 2. The van der Waals surface area contributed by atoms with Gasteiger partial charge >= 0.3 is 0 Å². The second kappa shape index (κ2) is 12.0. The van der Waals surface area contributed by atoms with E-state index in [0.29, 0.717) is 31.6 Å². The van der Waals surface area contributed by atoms with Gasteiger partial charge in [0.05, 0.1) is 38.4 Å². The van der Waals surface area contributed by atoms with Crippen LogP contribution in [0.3, 0.4) is 0 Å². The summed E-state index contributed by atoms with van der Waals surface area (Å²) in [5.74, 6) is -0.465. The van der Waals surface area contributed by atoms with Crippen LogP contribution in [0.2, 0.25) is 5.02 Å². The van der Waals surface area contributed by atoms with E-state index in [1.54, 1.807) is 53.4 Å². The molecule has 2 heterocycles. The summed E-state index contributed by atoms with van der Waals surface area (Å²) < 4.78 is 13.7. The van der Waals surface area contributed by atoms with Crippen LogP contribution in [0.4, 0.5) is 5.69 Å². The Hall–Kier alpha value is -3.78. The molecule has 6 rings (SSSR count). The van der Waals surface area contributed by atoms with Crippen molar-refractivity contribution < 1.29 is 13.8 Å². The van der Waals surface area contributed by atoms with Crippen molar-refractivity contribution in [2.45, 2.75) is 41.8 Å². The van der Waals surface area contributed by atoms with Crippen molar-refractivity contribution in [2.75, 3.05) is 18.0 Å². The minimum Gasteiger partial charge on any atom is -0.349 e. The molecular formula is C33H30ClN3O3S. The molecule has 2 amide bonds. The third kappa shape index (κ3) is 5.98. The van der Waals surface area contributed by atoms with Crippen LogP contribution in [0.5, 0.6) is 0 Å². The lowest BCUT2D eigenvalue weighted by molar-refractivity contribution is 0.0907. The first-order chi connectivity index (χ1) is 20.0. The highest BCUT2D eigenvalue weighted by molar-refractivity contribution is 7.85. The number of piperidine rings is 1. The molecule has 4 aromatic rings. The van der Waals surface area contributed by atoms with Gasteiger partial charge in [0, 0.05) is 36.3 Å². The molecule has 2 aliphatic rings. The van der Waals surface area contributed by atoms with E-state index in [0.717, 1.165) is 38.0 Å². The predicted octanol–water partition coefficient (Wildman–Crippen LogP) is 6.06. The number of hydrogen-bond acceptors (Lipinski definition) is 4. The Morgan fingerprint density at radius 1 is 0.829 bits per heavy atom. The molecule has 0 radical (unpaired) electrons. The van der Waals surface area contributed by atoms with Crippen molar-refractivity contribution in [1.82, 2.24) is 10.2 Å². The predicted molar refractivity (Wildman–Crippen MR) is 162 cm³/mol. The Bertz CT molecular complexity index is 1620. The fraction of sp³-hybridized carbons (Fsp3) is 0.212. The Morgan fingerprint density at radius 2 is 1.56 bits per heavy atom. The molecule has 0 saturated carbocycles. The Kier molecular flexibility index (Phi) is 8.01. The second-order valence-electron chi connectivity index (χ2n) is 10.5. The number of nitrogens with zero attached hydrogens (tertiary/aromatic N) is 2. The first-order valence-corrected chi connectivity index (χ1v) is 15.3. The molecule has 1 unspecified atom stereocenters. The molecular weight excluding hydrogens is 554 g/mol. The Labute approximate surface area is 247 Å². The van der Waals surface area contributed by atoms with Crippen LogP contribution in [-0.2, 0) is 23.9 Å². The van der Waals surface area contributed by atoms with Gasteiger partial charge in [-0.3, -0.25) is 14.5 Å². The summed E-state index contributed by atoms with van der Waals surface area (Å²) in [4.78, 5) is 32.2. The molecule has 6 nitrogen and oxygen atoms in total. The first kappa shape index (κ1) is 27.4. The zero-order valence-corrected chi connectivity index (χ0v) is 24.0. The third-order valence-electron chi connectivity index (χ3n) is 7.68. The van der Waals surface area contributed by atoms with E-state index in [9.17, 15) is 13.8 Å². The van der Waals surface area contributed by atoms with Crippen LogP contribution in [0.1, 0.15) is 44.7 Å². The maximum atomic E-state index is 13.8. The van der Waals surface area contributed by atoms with Gasteiger partial charge in [-0.15, -0.1) is 0 Å². The first-order valence-electron chi connectivity index (χ1n) is 13.7. The van der Waals surface area contributed by atoms with Crippen molar-refractivity contribution in [2.24, 2.45) is 0 Å². The lowest BCUT2D eigenvalue weighted by Gasteiger charge is -2.32. The minimum atomic E-state index is -1.59. The highest BCUT2D eigenvalue weighted by atomic mass is 35.5. The smallest absolute Gasteiger partial charge is 0.259 e. The zero-order chi connectivity index (χ0) is 28.3. The van der Waals surface area contributed by atoms with Crippen LogP contribution in [0, 0.1) is 0 Å². The lowest BCUT2D eigenvalue weighted by Crippen LogP contribution is -2.44. The fourth-order valence-corrected chi connectivity index (χ4v) is 7.08. The third-order valence-corrected chi connectivity index (χ3v) is 9.41. The average Bonchev–Trinajstić information content (AvgIpc) is 3.08. The summed E-state index contributed by atoms with van der Waals surface area (Å²) in [5, 5.41) is 3.76. The molecule has 1 N–H and O–H groups in total. The quantitative estimate of drug-likeness (QED) is 0.299. The topological polar surface area (TPSA) is 69.7 Å². The van der Waals surface area contributed by atoms with Gasteiger partial charge in [0.1, 0.15) is 0 Å². The second-order valence-corrected chi connectivity index (χ2v) is 12.3. The molecule has 0 aromatic heterocycles. The maximum Gasteiger partial charge on any atom is 0.259 e. The molecule has 4 aromatic carbocycles. The molecule has 2 aliphatic heterocycles. The fourth-order valence-electron chi connectivity index (χ4n) is 5.53. The van der Waals surface area contributed by atoms with E-state index >= 15 is 0 Å². The number of likely N-dealkylation sites (tertiary alicyclic amines) is 1. The lowest BCUT2D eigenvalue weighted by atomic mass is 10.0. The summed E-state index contributed by atoms with van der Waals surface area (Å²) in [5.41, 5.74) is 3.41. The van der Waals surface area contributed by atoms with E-state index in [4.69, 9.17) is 11.6 Å². The van der Waals surface area contributed by atoms with Crippen molar-refractivity contribution in [3.05, 3.63) is 124 Å². The highest BCUT2D eigenvalue weighted by Gasteiger charge is 2.32. The van der Waals surface area contributed by atoms with Crippen LogP contribution in [-0.4, -0.2) is 40.1 Å². The molecule has 1 atom stereocenters. The molecule has 8 heteroatoms. The Morgan fingerprint density at radius 3 is 2.34 bits per heavy atom. The number of carbonyl (C=O) groups excluding carboxylic acids is 2. The summed E-state index contributed by atoms with van der Waals surface area (Å²) in [6.45, 7) is 2.94. The average molecular weight is 584 g/mol.